The van der Waals surface area contributed by atoms with E-state index < -0.39 is 0 Å². The van der Waals surface area contributed by atoms with Crippen molar-refractivity contribution in [2.45, 2.75) is 45.1 Å². The molecule has 1 aliphatic rings. The van der Waals surface area contributed by atoms with Crippen LogP contribution in [0.4, 0.5) is 5.82 Å². The Morgan fingerprint density at radius 2 is 2.12 bits per heavy atom. The van der Waals surface area contributed by atoms with Gasteiger partial charge >= 0.3 is 0 Å². The van der Waals surface area contributed by atoms with Crippen molar-refractivity contribution >= 4 is 12.1 Å². The number of anilines is 1. The molecule has 1 aromatic heterocycles. The van der Waals surface area contributed by atoms with Crippen LogP contribution in [0.5, 0.6) is 0 Å². The number of aryl methyl sites for hydroxylation is 1. The Morgan fingerprint density at radius 3 is 2.81 bits per heavy atom. The molecule has 0 aromatic carbocycles. The molecule has 0 unspecified atom stereocenters. The van der Waals surface area contributed by atoms with Crippen molar-refractivity contribution in [2.24, 2.45) is 0 Å². The van der Waals surface area contributed by atoms with Crippen molar-refractivity contribution in [1.82, 2.24) is 9.97 Å². The predicted octanol–water partition coefficient (Wildman–Crippen LogP) is 2.34. The summed E-state index contributed by atoms with van der Waals surface area (Å²) in [6, 6.07) is 0.460. The van der Waals surface area contributed by atoms with E-state index in [-0.39, 0.29) is 0 Å². The van der Waals surface area contributed by atoms with Gasteiger partial charge in [0, 0.05) is 12.2 Å². The Bertz CT molecular complexity index is 373. The molecule has 0 spiro atoms. The van der Waals surface area contributed by atoms with Gasteiger partial charge in [0.2, 0.25) is 0 Å². The van der Waals surface area contributed by atoms with E-state index in [1.54, 1.807) is 6.20 Å². The zero-order valence-electron chi connectivity index (χ0n) is 9.57. The topological polar surface area (TPSA) is 54.9 Å². The third-order valence-electron chi connectivity index (χ3n) is 3.01. The first kappa shape index (κ1) is 11.0. The predicted molar refractivity (Wildman–Crippen MR) is 62.7 cm³/mol. The molecule has 1 saturated carbocycles. The van der Waals surface area contributed by atoms with Gasteiger partial charge in [-0.25, -0.2) is 9.97 Å². The van der Waals surface area contributed by atoms with Crippen molar-refractivity contribution in [1.29, 1.82) is 0 Å². The van der Waals surface area contributed by atoms with Gasteiger partial charge in [-0.1, -0.05) is 19.3 Å². The molecule has 0 saturated heterocycles. The summed E-state index contributed by atoms with van der Waals surface area (Å²) in [5.74, 6) is 1.39. The molecular formula is C12H17N3O. The van der Waals surface area contributed by atoms with Gasteiger partial charge < -0.3 is 5.32 Å². The van der Waals surface area contributed by atoms with Crippen LogP contribution in [-0.4, -0.2) is 22.3 Å². The fraction of sp³-hybridized carbons (Fsp3) is 0.583. The second-order valence-corrected chi connectivity index (χ2v) is 4.32. The third kappa shape index (κ3) is 2.56. The molecule has 4 nitrogen and oxygen atoms in total. The fourth-order valence-electron chi connectivity index (χ4n) is 2.12. The number of nitrogens with one attached hydrogen (secondary N) is 1. The van der Waals surface area contributed by atoms with Crippen LogP contribution >= 0.6 is 0 Å². The van der Waals surface area contributed by atoms with Gasteiger partial charge in [-0.2, -0.15) is 0 Å². The summed E-state index contributed by atoms with van der Waals surface area (Å²) >= 11 is 0. The fourth-order valence-corrected chi connectivity index (χ4v) is 2.12. The minimum absolute atomic E-state index is 0.460. The minimum atomic E-state index is 0.460. The summed E-state index contributed by atoms with van der Waals surface area (Å²) in [5.41, 5.74) is 0.552. The Balaban J connectivity index is 2.12. The number of hydrogen-bond donors (Lipinski definition) is 1. The van der Waals surface area contributed by atoms with Crippen LogP contribution in [0.15, 0.2) is 6.20 Å². The van der Waals surface area contributed by atoms with Gasteiger partial charge in [0.1, 0.15) is 11.6 Å². The summed E-state index contributed by atoms with van der Waals surface area (Å²) in [6.07, 6.45) is 8.58. The SMILES string of the molecule is Cc1ncc(C=O)c(NC2CCCCC2)n1. The van der Waals surface area contributed by atoms with Gasteiger partial charge in [0.15, 0.2) is 6.29 Å². The molecule has 1 aromatic rings. The van der Waals surface area contributed by atoms with Crippen LogP contribution in [0.2, 0.25) is 0 Å². The Kier molecular flexibility index (Phi) is 3.49. The summed E-state index contributed by atoms with van der Waals surface area (Å²) in [6.45, 7) is 1.83. The highest BCUT2D eigenvalue weighted by Crippen LogP contribution is 2.21. The molecule has 2 rings (SSSR count). The zero-order valence-corrected chi connectivity index (χ0v) is 9.57. The van der Waals surface area contributed by atoms with E-state index in [0.29, 0.717) is 23.2 Å². The highest BCUT2D eigenvalue weighted by atomic mass is 16.1. The van der Waals surface area contributed by atoms with Crippen molar-refractivity contribution < 1.29 is 4.79 Å². The maximum absolute atomic E-state index is 10.9. The van der Waals surface area contributed by atoms with Crippen LogP contribution in [0.25, 0.3) is 0 Å². The standard InChI is InChI=1S/C12H17N3O/c1-9-13-7-10(8-16)12(14-9)15-11-5-3-2-4-6-11/h7-8,11H,2-6H2,1H3,(H,13,14,15). The molecule has 0 aliphatic heterocycles. The van der Waals surface area contributed by atoms with Crippen molar-refractivity contribution in [3.63, 3.8) is 0 Å². The number of nitrogens with zero attached hydrogens (tertiary/aromatic N) is 2. The van der Waals surface area contributed by atoms with Crippen molar-refractivity contribution in [3.8, 4) is 0 Å². The molecule has 0 bridgehead atoms. The molecule has 0 amide bonds. The second-order valence-electron chi connectivity index (χ2n) is 4.32. The normalized spacial score (nSPS) is 17.1. The molecule has 1 fully saturated rings. The first-order valence-corrected chi connectivity index (χ1v) is 5.85. The molecule has 16 heavy (non-hydrogen) atoms. The zero-order chi connectivity index (χ0) is 11.4. The quantitative estimate of drug-likeness (QED) is 0.793. The first-order valence-electron chi connectivity index (χ1n) is 5.85. The summed E-state index contributed by atoms with van der Waals surface area (Å²) < 4.78 is 0. The number of carbonyl (C=O) groups excluding carboxylic acids is 1. The van der Waals surface area contributed by atoms with E-state index in [1.165, 1.54) is 32.1 Å². The highest BCUT2D eigenvalue weighted by Gasteiger charge is 2.15. The Morgan fingerprint density at radius 1 is 1.38 bits per heavy atom. The van der Waals surface area contributed by atoms with Crippen molar-refractivity contribution in [3.05, 3.63) is 17.6 Å². The lowest BCUT2D eigenvalue weighted by molar-refractivity contribution is 0.112. The summed E-state index contributed by atoms with van der Waals surface area (Å²) in [5, 5.41) is 3.36. The Labute approximate surface area is 95.5 Å². The first-order chi connectivity index (χ1) is 7.79. The van der Waals surface area contributed by atoms with E-state index in [1.807, 2.05) is 6.92 Å². The maximum Gasteiger partial charge on any atom is 0.155 e. The lowest BCUT2D eigenvalue weighted by atomic mass is 9.95. The molecule has 4 heteroatoms. The van der Waals surface area contributed by atoms with Gasteiger partial charge in [0.05, 0.1) is 5.56 Å². The highest BCUT2D eigenvalue weighted by molar-refractivity contribution is 5.81. The van der Waals surface area contributed by atoms with E-state index in [4.69, 9.17) is 0 Å². The van der Waals surface area contributed by atoms with Gasteiger partial charge in [-0.05, 0) is 19.8 Å². The molecule has 0 atom stereocenters. The average Bonchev–Trinajstić information content (AvgIpc) is 2.31. The Hall–Kier alpha value is -1.45. The number of carbonyl (C=O) groups is 1. The van der Waals surface area contributed by atoms with E-state index in [2.05, 4.69) is 15.3 Å². The molecular weight excluding hydrogens is 202 g/mol. The molecule has 1 N–H and O–H groups in total. The minimum Gasteiger partial charge on any atom is -0.367 e. The van der Waals surface area contributed by atoms with Crippen LogP contribution in [0.3, 0.4) is 0 Å². The largest absolute Gasteiger partial charge is 0.367 e. The average molecular weight is 219 g/mol. The smallest absolute Gasteiger partial charge is 0.155 e. The number of aldehydes is 1. The molecule has 0 radical (unpaired) electrons. The molecule has 1 heterocycles. The van der Waals surface area contributed by atoms with Crippen LogP contribution in [0, 0.1) is 6.92 Å². The van der Waals surface area contributed by atoms with Crippen molar-refractivity contribution in [2.75, 3.05) is 5.32 Å². The monoisotopic (exact) mass is 219 g/mol. The maximum atomic E-state index is 10.9. The van der Waals surface area contributed by atoms with Gasteiger partial charge in [0.25, 0.3) is 0 Å². The number of hydrogen-bond acceptors (Lipinski definition) is 4. The van der Waals surface area contributed by atoms with E-state index >= 15 is 0 Å². The van der Waals surface area contributed by atoms with E-state index in [9.17, 15) is 4.79 Å². The lowest BCUT2D eigenvalue weighted by Crippen LogP contribution is -2.23. The van der Waals surface area contributed by atoms with Gasteiger partial charge in [-0.15, -0.1) is 0 Å². The van der Waals surface area contributed by atoms with Crippen LogP contribution in [0.1, 0.15) is 48.3 Å². The number of aromatic nitrogens is 2. The van der Waals surface area contributed by atoms with Crippen LogP contribution in [-0.2, 0) is 0 Å². The molecule has 1 aliphatic carbocycles. The third-order valence-corrected chi connectivity index (χ3v) is 3.01. The summed E-state index contributed by atoms with van der Waals surface area (Å²) in [4.78, 5) is 19.2. The second kappa shape index (κ2) is 5.05. The molecule has 86 valence electrons. The van der Waals surface area contributed by atoms with Gasteiger partial charge in [-0.3, -0.25) is 4.79 Å². The number of rotatable bonds is 3. The summed E-state index contributed by atoms with van der Waals surface area (Å²) in [7, 11) is 0. The lowest BCUT2D eigenvalue weighted by Gasteiger charge is -2.23. The van der Waals surface area contributed by atoms with E-state index in [0.717, 1.165) is 6.29 Å². The van der Waals surface area contributed by atoms with Crippen LogP contribution < -0.4 is 5.32 Å².